The Morgan fingerprint density at radius 3 is 2.30 bits per heavy atom. The van der Waals surface area contributed by atoms with Gasteiger partial charge in [0.05, 0.1) is 5.56 Å². The van der Waals surface area contributed by atoms with E-state index >= 15 is 0 Å². The van der Waals surface area contributed by atoms with Crippen molar-refractivity contribution in [2.45, 2.75) is 52.6 Å². The highest BCUT2D eigenvalue weighted by atomic mass is 32.1. The number of benzene rings is 1. The molecule has 0 spiro atoms. The van der Waals surface area contributed by atoms with Crippen LogP contribution in [0.3, 0.4) is 0 Å². The number of Topliss-reactive ketones (excluding diaryl/α,β-unsaturated/α-hetero) is 1. The monoisotopic (exact) mass is 428 g/mol. The minimum atomic E-state index is -1.03. The number of rotatable bonds is 6. The first-order valence-corrected chi connectivity index (χ1v) is 10.6. The van der Waals surface area contributed by atoms with Gasteiger partial charge in [0.25, 0.3) is 5.91 Å². The normalized spacial score (nSPS) is 13.7. The number of ketones is 1. The molecule has 1 aromatic carbocycles. The summed E-state index contributed by atoms with van der Waals surface area (Å²) < 4.78 is 5.43. The number of hydrogen-bond acceptors (Lipinski definition) is 6. The summed E-state index contributed by atoms with van der Waals surface area (Å²) in [5, 5.41) is 5.87. The first kappa shape index (κ1) is 21.7. The van der Waals surface area contributed by atoms with Crippen molar-refractivity contribution >= 4 is 45.6 Å². The predicted octanol–water partition coefficient (Wildman–Crippen LogP) is 3.97. The maximum absolute atomic E-state index is 12.9. The van der Waals surface area contributed by atoms with Crippen LogP contribution >= 0.6 is 11.3 Å². The first-order chi connectivity index (χ1) is 14.3. The Labute approximate surface area is 178 Å². The second kappa shape index (κ2) is 9.21. The van der Waals surface area contributed by atoms with Gasteiger partial charge in [-0.3, -0.25) is 14.4 Å². The lowest BCUT2D eigenvalue weighted by molar-refractivity contribution is -0.123. The molecule has 0 unspecified atom stereocenters. The van der Waals surface area contributed by atoms with Gasteiger partial charge in [0, 0.05) is 23.1 Å². The second-order valence-corrected chi connectivity index (χ2v) is 8.37. The summed E-state index contributed by atoms with van der Waals surface area (Å²) >= 11 is 1.40. The molecule has 1 aliphatic carbocycles. The average Bonchev–Trinajstić information content (AvgIpc) is 3.05. The van der Waals surface area contributed by atoms with E-state index in [0.29, 0.717) is 21.8 Å². The van der Waals surface area contributed by atoms with Gasteiger partial charge in [0.15, 0.2) is 11.9 Å². The zero-order chi connectivity index (χ0) is 21.8. The van der Waals surface area contributed by atoms with E-state index in [1.54, 1.807) is 24.3 Å². The topological polar surface area (TPSA) is 102 Å². The van der Waals surface area contributed by atoms with Gasteiger partial charge in [-0.25, -0.2) is 4.79 Å². The zero-order valence-electron chi connectivity index (χ0n) is 17.2. The summed E-state index contributed by atoms with van der Waals surface area (Å²) in [5.41, 5.74) is 2.31. The van der Waals surface area contributed by atoms with Crippen LogP contribution in [0.5, 0.6) is 0 Å². The quantitative estimate of drug-likeness (QED) is 0.535. The summed E-state index contributed by atoms with van der Waals surface area (Å²) in [4.78, 5) is 49.3. The predicted molar refractivity (Wildman–Crippen MR) is 115 cm³/mol. The highest BCUT2D eigenvalue weighted by molar-refractivity contribution is 7.17. The van der Waals surface area contributed by atoms with E-state index in [1.165, 1.54) is 32.1 Å². The van der Waals surface area contributed by atoms with E-state index < -0.39 is 18.0 Å². The van der Waals surface area contributed by atoms with Crippen LogP contribution in [0.15, 0.2) is 24.3 Å². The summed E-state index contributed by atoms with van der Waals surface area (Å²) in [6.07, 6.45) is 2.60. The average molecular weight is 429 g/mol. The Morgan fingerprint density at radius 1 is 1.00 bits per heavy atom. The van der Waals surface area contributed by atoms with E-state index in [4.69, 9.17) is 4.74 Å². The van der Waals surface area contributed by atoms with Crippen LogP contribution < -0.4 is 10.6 Å². The molecular formula is C22H24N2O5S. The minimum Gasteiger partial charge on any atom is -0.449 e. The Hall–Kier alpha value is -3.00. The number of nitrogens with one attached hydrogen (secondary N) is 2. The third kappa shape index (κ3) is 4.94. The molecule has 1 atom stereocenters. The van der Waals surface area contributed by atoms with E-state index in [-0.39, 0.29) is 11.7 Å². The third-order valence-electron chi connectivity index (χ3n) is 4.88. The lowest BCUT2D eigenvalue weighted by Crippen LogP contribution is -2.30. The van der Waals surface area contributed by atoms with Crippen molar-refractivity contribution in [1.82, 2.24) is 0 Å². The van der Waals surface area contributed by atoms with Gasteiger partial charge in [-0.15, -0.1) is 11.3 Å². The van der Waals surface area contributed by atoms with Crippen LogP contribution in [0.4, 0.5) is 10.7 Å². The number of esters is 1. The van der Waals surface area contributed by atoms with E-state index in [0.717, 1.165) is 36.1 Å². The highest BCUT2D eigenvalue weighted by Gasteiger charge is 2.29. The van der Waals surface area contributed by atoms with Crippen LogP contribution in [-0.4, -0.2) is 29.7 Å². The Kier molecular flexibility index (Phi) is 6.66. The van der Waals surface area contributed by atoms with Crippen LogP contribution in [0.25, 0.3) is 0 Å². The maximum Gasteiger partial charge on any atom is 0.342 e. The number of thiophene rings is 1. The number of amides is 2. The van der Waals surface area contributed by atoms with Crippen molar-refractivity contribution in [1.29, 1.82) is 0 Å². The molecule has 2 N–H and O–H groups in total. The van der Waals surface area contributed by atoms with Crippen molar-refractivity contribution in [2.24, 2.45) is 0 Å². The van der Waals surface area contributed by atoms with Gasteiger partial charge >= 0.3 is 5.97 Å². The smallest absolute Gasteiger partial charge is 0.342 e. The minimum absolute atomic E-state index is 0.0655. The molecule has 0 saturated carbocycles. The number of carbonyl (C=O) groups is 4. The fourth-order valence-corrected chi connectivity index (χ4v) is 4.66. The molecule has 0 bridgehead atoms. The maximum atomic E-state index is 12.9. The van der Waals surface area contributed by atoms with Gasteiger partial charge in [0.1, 0.15) is 5.00 Å². The molecule has 1 heterocycles. The molecule has 7 nitrogen and oxygen atoms in total. The summed E-state index contributed by atoms with van der Waals surface area (Å²) in [5.74, 6) is -1.43. The number of ether oxygens (including phenoxy) is 1. The van der Waals surface area contributed by atoms with Gasteiger partial charge in [-0.05, 0) is 69.4 Å². The van der Waals surface area contributed by atoms with Gasteiger partial charge in [0.2, 0.25) is 5.91 Å². The van der Waals surface area contributed by atoms with Crippen LogP contribution in [0, 0.1) is 0 Å². The molecule has 1 aromatic heterocycles. The standard InChI is InChI=1S/C22H24N2O5S/c1-12(25)15-8-10-16(11-9-15)24-20(27)13(2)29-22(28)19-17-6-4-5-7-18(17)30-21(19)23-14(3)26/h8-11,13H,4-7H2,1-3H3,(H,23,26)(H,24,27)/t13-/m1/s1. The highest BCUT2D eigenvalue weighted by Crippen LogP contribution is 2.38. The van der Waals surface area contributed by atoms with Crippen molar-refractivity contribution in [3.8, 4) is 0 Å². The second-order valence-electron chi connectivity index (χ2n) is 7.27. The van der Waals surface area contributed by atoms with Gasteiger partial charge in [-0.1, -0.05) is 0 Å². The molecule has 8 heteroatoms. The van der Waals surface area contributed by atoms with Crippen molar-refractivity contribution < 1.29 is 23.9 Å². The first-order valence-electron chi connectivity index (χ1n) is 9.81. The zero-order valence-corrected chi connectivity index (χ0v) is 18.0. The van der Waals surface area contributed by atoms with Crippen LogP contribution in [0.2, 0.25) is 0 Å². The largest absolute Gasteiger partial charge is 0.449 e. The summed E-state index contributed by atoms with van der Waals surface area (Å²) in [6.45, 7) is 4.35. The number of hydrogen-bond donors (Lipinski definition) is 2. The number of carbonyl (C=O) groups excluding carboxylic acids is 4. The SMILES string of the molecule is CC(=O)Nc1sc2c(c1C(=O)O[C@H](C)C(=O)Nc1ccc(C(C)=O)cc1)CCCC2. The number of fused-ring (bicyclic) bond motifs is 1. The summed E-state index contributed by atoms with van der Waals surface area (Å²) in [7, 11) is 0. The molecular weight excluding hydrogens is 404 g/mol. The molecule has 2 aromatic rings. The van der Waals surface area contributed by atoms with E-state index in [1.807, 2.05) is 0 Å². The lowest BCUT2D eigenvalue weighted by atomic mass is 9.95. The molecule has 3 rings (SSSR count). The number of anilines is 2. The van der Waals surface area contributed by atoms with Gasteiger partial charge in [-0.2, -0.15) is 0 Å². The molecule has 0 aliphatic heterocycles. The summed E-state index contributed by atoms with van der Waals surface area (Å²) in [6, 6.07) is 6.47. The van der Waals surface area contributed by atoms with Crippen LogP contribution in [0.1, 0.15) is 64.8 Å². The van der Waals surface area contributed by atoms with E-state index in [9.17, 15) is 19.2 Å². The fraction of sp³-hybridized carbons (Fsp3) is 0.364. The van der Waals surface area contributed by atoms with Crippen LogP contribution in [-0.2, 0) is 27.2 Å². The molecule has 1 aliphatic rings. The number of aryl methyl sites for hydroxylation is 1. The van der Waals surface area contributed by atoms with Gasteiger partial charge < -0.3 is 15.4 Å². The Bertz CT molecular complexity index is 994. The Morgan fingerprint density at radius 2 is 1.67 bits per heavy atom. The molecule has 0 fully saturated rings. The molecule has 0 radical (unpaired) electrons. The van der Waals surface area contributed by atoms with Crippen molar-refractivity contribution in [2.75, 3.05) is 10.6 Å². The molecule has 2 amide bonds. The lowest BCUT2D eigenvalue weighted by Gasteiger charge is -2.16. The van der Waals surface area contributed by atoms with E-state index in [2.05, 4.69) is 10.6 Å². The van der Waals surface area contributed by atoms with Crippen molar-refractivity contribution in [3.05, 3.63) is 45.8 Å². The molecule has 158 valence electrons. The third-order valence-corrected chi connectivity index (χ3v) is 6.08. The van der Waals surface area contributed by atoms with Crippen molar-refractivity contribution in [3.63, 3.8) is 0 Å². The Balaban J connectivity index is 1.72. The molecule has 30 heavy (non-hydrogen) atoms. The molecule has 0 saturated heterocycles. The fourth-order valence-electron chi connectivity index (χ4n) is 3.33.